The fourth-order valence-electron chi connectivity index (χ4n) is 3.53. The van der Waals surface area contributed by atoms with Crippen LogP contribution in [0.1, 0.15) is 31.6 Å². The van der Waals surface area contributed by atoms with Crippen molar-refractivity contribution < 1.29 is 9.21 Å². The van der Waals surface area contributed by atoms with Gasteiger partial charge >= 0.3 is 0 Å². The summed E-state index contributed by atoms with van der Waals surface area (Å²) in [6.45, 7) is 2.22. The van der Waals surface area contributed by atoms with Gasteiger partial charge in [0.2, 0.25) is 5.91 Å². The van der Waals surface area contributed by atoms with Crippen LogP contribution in [0.15, 0.2) is 59.1 Å². The average Bonchev–Trinajstić information content (AvgIpc) is 3.23. The number of hydrogen-bond acceptors (Lipinski definition) is 4. The number of aryl methyl sites for hydroxylation is 1. The highest BCUT2D eigenvalue weighted by Crippen LogP contribution is 2.24. The maximum absolute atomic E-state index is 12.3. The fraction of sp³-hybridized carbons (Fsp3) is 0.304. The molecule has 1 N–H and O–H groups in total. The molecule has 2 heterocycles. The lowest BCUT2D eigenvalue weighted by atomic mass is 10.1. The number of benzene rings is 2. The predicted molar refractivity (Wildman–Crippen MR) is 116 cm³/mol. The summed E-state index contributed by atoms with van der Waals surface area (Å²) in [5, 5.41) is 3.62. The lowest BCUT2D eigenvalue weighted by molar-refractivity contribution is -0.116. The number of rotatable bonds is 6. The minimum absolute atomic E-state index is 0.0537. The second-order valence-electron chi connectivity index (χ2n) is 7.27. The van der Waals surface area contributed by atoms with Crippen LogP contribution in [0.5, 0.6) is 0 Å². The number of piperidine rings is 1. The van der Waals surface area contributed by atoms with Gasteiger partial charge in [-0.2, -0.15) is 0 Å². The summed E-state index contributed by atoms with van der Waals surface area (Å²) in [7, 11) is 0. The van der Waals surface area contributed by atoms with Gasteiger partial charge in [0.05, 0.1) is 6.20 Å². The Labute approximate surface area is 175 Å². The van der Waals surface area contributed by atoms with Crippen LogP contribution in [0.25, 0.3) is 11.3 Å². The molecule has 1 amide bonds. The molecule has 150 valence electrons. The van der Waals surface area contributed by atoms with Gasteiger partial charge in [-0.3, -0.25) is 4.79 Å². The second kappa shape index (κ2) is 9.14. The molecule has 0 unspecified atom stereocenters. The highest BCUT2D eigenvalue weighted by Gasteiger charge is 2.12. The molecule has 0 aliphatic carbocycles. The van der Waals surface area contributed by atoms with Crippen LogP contribution in [-0.2, 0) is 11.2 Å². The molecule has 2 aromatic carbocycles. The van der Waals surface area contributed by atoms with Crippen molar-refractivity contribution in [1.29, 1.82) is 0 Å². The van der Waals surface area contributed by atoms with Gasteiger partial charge in [-0.05, 0) is 67.8 Å². The first kappa shape index (κ1) is 19.5. The van der Waals surface area contributed by atoms with E-state index < -0.39 is 0 Å². The van der Waals surface area contributed by atoms with E-state index in [1.54, 1.807) is 6.20 Å². The Hall–Kier alpha value is -2.79. The lowest BCUT2D eigenvalue weighted by Crippen LogP contribution is -2.29. The Morgan fingerprint density at radius 1 is 1.03 bits per heavy atom. The number of aromatic nitrogens is 1. The van der Waals surface area contributed by atoms with Gasteiger partial charge in [0.1, 0.15) is 0 Å². The Morgan fingerprint density at radius 3 is 2.48 bits per heavy atom. The summed E-state index contributed by atoms with van der Waals surface area (Å²) in [5.74, 6) is 1.16. The number of oxazole rings is 1. The zero-order chi connectivity index (χ0) is 20.1. The van der Waals surface area contributed by atoms with E-state index in [1.165, 1.54) is 24.9 Å². The normalized spacial score (nSPS) is 14.0. The molecule has 3 aromatic rings. The minimum Gasteiger partial charge on any atom is -0.441 e. The van der Waals surface area contributed by atoms with Crippen LogP contribution in [0, 0.1) is 0 Å². The maximum Gasteiger partial charge on any atom is 0.224 e. The first-order chi connectivity index (χ1) is 14.2. The van der Waals surface area contributed by atoms with Crippen LogP contribution in [-0.4, -0.2) is 24.0 Å². The number of amides is 1. The third-order valence-electron chi connectivity index (χ3n) is 5.12. The molecule has 0 spiro atoms. The van der Waals surface area contributed by atoms with Crippen LogP contribution in [0.4, 0.5) is 11.4 Å². The predicted octanol–water partition coefficient (Wildman–Crippen LogP) is 5.56. The number of anilines is 2. The molecule has 1 fully saturated rings. The molecule has 6 heteroatoms. The molecule has 0 atom stereocenters. The maximum atomic E-state index is 12.3. The molecule has 0 saturated carbocycles. The molecule has 1 aromatic heterocycles. The summed E-state index contributed by atoms with van der Waals surface area (Å²) < 4.78 is 5.75. The quantitative estimate of drug-likeness (QED) is 0.579. The molecule has 29 heavy (non-hydrogen) atoms. The molecule has 1 aliphatic rings. The fourth-order valence-corrected chi connectivity index (χ4v) is 3.65. The number of carbonyl (C=O) groups excluding carboxylic acids is 1. The van der Waals surface area contributed by atoms with Gasteiger partial charge in [-0.1, -0.05) is 11.6 Å². The van der Waals surface area contributed by atoms with Crippen molar-refractivity contribution in [2.45, 2.75) is 32.1 Å². The van der Waals surface area contributed by atoms with E-state index in [1.807, 2.05) is 36.4 Å². The van der Waals surface area contributed by atoms with Crippen molar-refractivity contribution >= 4 is 28.9 Å². The summed E-state index contributed by atoms with van der Waals surface area (Å²) in [6, 6.07) is 15.5. The zero-order valence-electron chi connectivity index (χ0n) is 16.2. The lowest BCUT2D eigenvalue weighted by Gasteiger charge is -2.28. The smallest absolute Gasteiger partial charge is 0.224 e. The van der Waals surface area contributed by atoms with Crippen molar-refractivity contribution in [3.8, 4) is 11.3 Å². The summed E-state index contributed by atoms with van der Waals surface area (Å²) in [4.78, 5) is 19.0. The molecule has 0 radical (unpaired) electrons. The number of nitrogens with zero attached hydrogens (tertiary/aromatic N) is 2. The van der Waals surface area contributed by atoms with Crippen LogP contribution in [0.3, 0.4) is 0 Å². The van der Waals surface area contributed by atoms with Crippen molar-refractivity contribution in [2.24, 2.45) is 0 Å². The standard InChI is InChI=1S/C23H24ClN3O2/c24-18-6-4-17(5-7-18)21-16-25-23(29-21)13-12-22(28)26-19-8-10-20(11-9-19)27-14-2-1-3-15-27/h4-11,16H,1-3,12-15H2,(H,26,28). The van der Waals surface area contributed by atoms with E-state index in [-0.39, 0.29) is 5.91 Å². The van der Waals surface area contributed by atoms with Gasteiger partial charge in [0.15, 0.2) is 11.7 Å². The summed E-state index contributed by atoms with van der Waals surface area (Å²) in [5.41, 5.74) is 2.94. The van der Waals surface area contributed by atoms with Crippen molar-refractivity contribution in [3.63, 3.8) is 0 Å². The van der Waals surface area contributed by atoms with Crippen LogP contribution >= 0.6 is 11.6 Å². The highest BCUT2D eigenvalue weighted by atomic mass is 35.5. The highest BCUT2D eigenvalue weighted by molar-refractivity contribution is 6.30. The molecule has 4 rings (SSSR count). The summed E-state index contributed by atoms with van der Waals surface area (Å²) >= 11 is 5.91. The Kier molecular flexibility index (Phi) is 6.15. The van der Waals surface area contributed by atoms with E-state index in [0.717, 1.165) is 24.3 Å². The molecule has 0 bridgehead atoms. The molecule has 5 nitrogen and oxygen atoms in total. The van der Waals surface area contributed by atoms with Gasteiger partial charge in [0, 0.05) is 47.9 Å². The number of halogens is 1. The SMILES string of the molecule is O=C(CCc1ncc(-c2ccc(Cl)cc2)o1)Nc1ccc(N2CCCCC2)cc1. The zero-order valence-corrected chi connectivity index (χ0v) is 17.0. The topological polar surface area (TPSA) is 58.4 Å². The first-order valence-corrected chi connectivity index (χ1v) is 10.4. The molecular formula is C23H24ClN3O2. The number of carbonyl (C=O) groups is 1. The van der Waals surface area contributed by atoms with Gasteiger partial charge in [-0.15, -0.1) is 0 Å². The largest absolute Gasteiger partial charge is 0.441 e. The van der Waals surface area contributed by atoms with E-state index in [2.05, 4.69) is 27.3 Å². The summed E-state index contributed by atoms with van der Waals surface area (Å²) in [6.07, 6.45) is 6.25. The first-order valence-electron chi connectivity index (χ1n) is 10.0. The molecule has 1 saturated heterocycles. The van der Waals surface area contributed by atoms with E-state index in [9.17, 15) is 4.79 Å². The molecule has 1 aliphatic heterocycles. The third-order valence-corrected chi connectivity index (χ3v) is 5.37. The Morgan fingerprint density at radius 2 is 1.76 bits per heavy atom. The van der Waals surface area contributed by atoms with Crippen molar-refractivity contribution in [1.82, 2.24) is 4.98 Å². The Bertz CT molecular complexity index is 945. The number of hydrogen-bond donors (Lipinski definition) is 1. The van der Waals surface area contributed by atoms with E-state index in [0.29, 0.717) is 29.5 Å². The number of nitrogens with one attached hydrogen (secondary N) is 1. The Balaban J connectivity index is 1.28. The van der Waals surface area contributed by atoms with Crippen molar-refractivity contribution in [2.75, 3.05) is 23.3 Å². The third kappa shape index (κ3) is 5.18. The van der Waals surface area contributed by atoms with Gasteiger partial charge in [0.25, 0.3) is 0 Å². The monoisotopic (exact) mass is 409 g/mol. The van der Waals surface area contributed by atoms with Crippen LogP contribution < -0.4 is 10.2 Å². The minimum atomic E-state index is -0.0537. The second-order valence-corrected chi connectivity index (χ2v) is 7.70. The van der Waals surface area contributed by atoms with Gasteiger partial charge < -0.3 is 14.6 Å². The van der Waals surface area contributed by atoms with E-state index >= 15 is 0 Å². The van der Waals surface area contributed by atoms with Gasteiger partial charge in [-0.25, -0.2) is 4.98 Å². The van der Waals surface area contributed by atoms with E-state index in [4.69, 9.17) is 16.0 Å². The van der Waals surface area contributed by atoms with Crippen LogP contribution in [0.2, 0.25) is 5.02 Å². The molecular weight excluding hydrogens is 386 g/mol. The van der Waals surface area contributed by atoms with Crippen molar-refractivity contribution in [3.05, 3.63) is 65.6 Å². The average molecular weight is 410 g/mol.